The normalized spacial score (nSPS) is 24.1. The molecule has 0 atom stereocenters. The van der Waals surface area contributed by atoms with Crippen molar-refractivity contribution in [2.24, 2.45) is 11.8 Å². The minimum Gasteiger partial charge on any atom is -0.477 e. The minimum atomic E-state index is 0.451. The van der Waals surface area contributed by atoms with E-state index in [-0.39, 0.29) is 0 Å². The Kier molecular flexibility index (Phi) is 7.81. The van der Waals surface area contributed by atoms with Crippen molar-refractivity contribution in [3.05, 3.63) is 30.5 Å². The van der Waals surface area contributed by atoms with E-state index in [1.165, 1.54) is 31.4 Å². The molecule has 3 heterocycles. The molecule has 184 valence electrons. The van der Waals surface area contributed by atoms with Crippen LogP contribution < -0.4 is 20.3 Å². The van der Waals surface area contributed by atoms with Gasteiger partial charge < -0.3 is 25.0 Å². The quantitative estimate of drug-likeness (QED) is 0.630. The first kappa shape index (κ1) is 23.4. The fourth-order valence-electron chi connectivity index (χ4n) is 5.25. The van der Waals surface area contributed by atoms with Gasteiger partial charge in [0.05, 0.1) is 25.4 Å². The number of hydrogen-bond acceptors (Lipinski definition) is 7. The Morgan fingerprint density at radius 3 is 2.50 bits per heavy atom. The maximum absolute atomic E-state index is 6.38. The fourth-order valence-corrected chi connectivity index (χ4v) is 5.25. The molecule has 3 aliphatic rings. The van der Waals surface area contributed by atoms with Gasteiger partial charge in [0.25, 0.3) is 0 Å². The van der Waals surface area contributed by atoms with E-state index in [4.69, 9.17) is 19.4 Å². The van der Waals surface area contributed by atoms with Crippen molar-refractivity contribution >= 4 is 11.6 Å². The van der Waals surface area contributed by atoms with Crippen molar-refractivity contribution in [2.75, 3.05) is 56.2 Å². The van der Waals surface area contributed by atoms with Gasteiger partial charge in [0.2, 0.25) is 11.8 Å². The molecule has 5 rings (SSSR count). The third-order valence-corrected chi connectivity index (χ3v) is 7.57. The lowest BCUT2D eigenvalue weighted by molar-refractivity contribution is 0.122. The lowest BCUT2D eigenvalue weighted by Gasteiger charge is -2.29. The number of piperidine rings is 1. The SMILES string of the molecule is C[C@H]1CC[C@@H](Nc2ncc(-c3ccc(N4CCOCC4)cc3)c(OCC3CCNCC3)n2)CC1. The summed E-state index contributed by atoms with van der Waals surface area (Å²) >= 11 is 0. The van der Waals surface area contributed by atoms with E-state index in [9.17, 15) is 0 Å². The number of benzene rings is 1. The van der Waals surface area contributed by atoms with Gasteiger partial charge in [-0.1, -0.05) is 19.1 Å². The average molecular weight is 466 g/mol. The Morgan fingerprint density at radius 2 is 1.76 bits per heavy atom. The van der Waals surface area contributed by atoms with Crippen LogP contribution in [0, 0.1) is 11.8 Å². The molecule has 1 aromatic carbocycles. The molecule has 1 aromatic heterocycles. The van der Waals surface area contributed by atoms with Crippen molar-refractivity contribution in [3.63, 3.8) is 0 Å². The van der Waals surface area contributed by atoms with E-state index in [0.717, 1.165) is 69.3 Å². The van der Waals surface area contributed by atoms with E-state index < -0.39 is 0 Å². The summed E-state index contributed by atoms with van der Waals surface area (Å²) < 4.78 is 11.9. The third kappa shape index (κ3) is 5.99. The second-order valence-corrected chi connectivity index (χ2v) is 10.2. The number of ether oxygens (including phenoxy) is 2. The van der Waals surface area contributed by atoms with E-state index in [2.05, 4.69) is 46.7 Å². The molecule has 7 heteroatoms. The third-order valence-electron chi connectivity index (χ3n) is 7.57. The Morgan fingerprint density at radius 1 is 1.03 bits per heavy atom. The molecular formula is C27H39N5O2. The molecule has 0 spiro atoms. The van der Waals surface area contributed by atoms with Crippen LogP contribution in [0.25, 0.3) is 11.1 Å². The molecule has 2 saturated heterocycles. The molecule has 1 saturated carbocycles. The van der Waals surface area contributed by atoms with Crippen molar-refractivity contribution in [1.29, 1.82) is 0 Å². The summed E-state index contributed by atoms with van der Waals surface area (Å²) in [4.78, 5) is 11.9. The maximum atomic E-state index is 6.38. The zero-order chi connectivity index (χ0) is 23.2. The Bertz CT molecular complexity index is 902. The van der Waals surface area contributed by atoms with Crippen LogP contribution in [-0.4, -0.2) is 62.0 Å². The molecule has 34 heavy (non-hydrogen) atoms. The molecule has 2 N–H and O–H groups in total. The van der Waals surface area contributed by atoms with Crippen molar-refractivity contribution in [1.82, 2.24) is 15.3 Å². The maximum Gasteiger partial charge on any atom is 0.226 e. The number of aromatic nitrogens is 2. The van der Waals surface area contributed by atoms with Gasteiger partial charge in [-0.15, -0.1) is 0 Å². The zero-order valence-corrected chi connectivity index (χ0v) is 20.5. The van der Waals surface area contributed by atoms with Crippen LogP contribution in [-0.2, 0) is 4.74 Å². The number of nitrogens with one attached hydrogen (secondary N) is 2. The number of nitrogens with zero attached hydrogens (tertiary/aromatic N) is 3. The smallest absolute Gasteiger partial charge is 0.226 e. The second-order valence-electron chi connectivity index (χ2n) is 10.2. The lowest BCUT2D eigenvalue weighted by Crippen LogP contribution is -2.36. The Balaban J connectivity index is 1.33. The number of rotatable bonds is 7. The van der Waals surface area contributed by atoms with Gasteiger partial charge in [0.15, 0.2) is 0 Å². The highest BCUT2D eigenvalue weighted by atomic mass is 16.5. The van der Waals surface area contributed by atoms with Crippen LogP contribution in [0.2, 0.25) is 0 Å². The fraction of sp³-hybridized carbons (Fsp3) is 0.630. The van der Waals surface area contributed by atoms with Crippen molar-refractivity contribution < 1.29 is 9.47 Å². The summed E-state index contributed by atoms with van der Waals surface area (Å²) in [5.41, 5.74) is 3.29. The Labute approximate surface area is 203 Å². The summed E-state index contributed by atoms with van der Waals surface area (Å²) in [6.45, 7) is 8.65. The highest BCUT2D eigenvalue weighted by Crippen LogP contribution is 2.32. The van der Waals surface area contributed by atoms with Gasteiger partial charge >= 0.3 is 0 Å². The molecule has 3 fully saturated rings. The summed E-state index contributed by atoms with van der Waals surface area (Å²) in [7, 11) is 0. The van der Waals surface area contributed by atoms with E-state index in [1.807, 2.05) is 6.20 Å². The molecular weight excluding hydrogens is 426 g/mol. The first-order valence-corrected chi connectivity index (χ1v) is 13.1. The van der Waals surface area contributed by atoms with Crippen LogP contribution in [0.5, 0.6) is 5.88 Å². The molecule has 1 aliphatic carbocycles. The first-order valence-electron chi connectivity index (χ1n) is 13.1. The predicted octanol–water partition coefficient (Wildman–Crippen LogP) is 4.35. The number of hydrogen-bond donors (Lipinski definition) is 2. The average Bonchev–Trinajstić information content (AvgIpc) is 2.90. The summed E-state index contributed by atoms with van der Waals surface area (Å²) in [5, 5.41) is 7.02. The summed E-state index contributed by atoms with van der Waals surface area (Å²) in [6.07, 6.45) is 9.14. The minimum absolute atomic E-state index is 0.451. The van der Waals surface area contributed by atoms with E-state index >= 15 is 0 Å². The highest BCUT2D eigenvalue weighted by molar-refractivity contribution is 5.70. The van der Waals surface area contributed by atoms with Crippen LogP contribution in [0.4, 0.5) is 11.6 Å². The molecule has 2 aliphatic heterocycles. The highest BCUT2D eigenvalue weighted by Gasteiger charge is 2.21. The number of morpholine rings is 1. The number of anilines is 2. The van der Waals surface area contributed by atoms with Gasteiger partial charge in [0.1, 0.15) is 0 Å². The molecule has 0 bridgehead atoms. The molecule has 0 unspecified atom stereocenters. The van der Waals surface area contributed by atoms with E-state index in [0.29, 0.717) is 30.4 Å². The van der Waals surface area contributed by atoms with Crippen LogP contribution in [0.3, 0.4) is 0 Å². The van der Waals surface area contributed by atoms with Crippen LogP contribution >= 0.6 is 0 Å². The molecule has 0 radical (unpaired) electrons. The summed E-state index contributed by atoms with van der Waals surface area (Å²) in [6, 6.07) is 9.15. The molecule has 2 aromatic rings. The van der Waals surface area contributed by atoms with Gasteiger partial charge in [-0.3, -0.25) is 0 Å². The largest absolute Gasteiger partial charge is 0.477 e. The standard InChI is InChI=1S/C27H39N5O2/c1-20-2-6-23(7-3-20)30-27-29-18-25(26(31-27)34-19-21-10-12-28-13-11-21)22-4-8-24(9-5-22)32-14-16-33-17-15-32/h4-5,8-9,18,20-21,23,28H,2-3,6-7,10-17,19H2,1H3,(H,29,30,31)/t20-,23+. The van der Waals surface area contributed by atoms with Gasteiger partial charge in [-0.25, -0.2) is 4.98 Å². The summed E-state index contributed by atoms with van der Waals surface area (Å²) in [5.74, 6) is 2.78. The van der Waals surface area contributed by atoms with Gasteiger partial charge in [-0.2, -0.15) is 4.98 Å². The van der Waals surface area contributed by atoms with Gasteiger partial charge in [0, 0.05) is 31.0 Å². The van der Waals surface area contributed by atoms with Crippen LogP contribution in [0.1, 0.15) is 45.4 Å². The van der Waals surface area contributed by atoms with Crippen LogP contribution in [0.15, 0.2) is 30.5 Å². The predicted molar refractivity (Wildman–Crippen MR) is 137 cm³/mol. The second kappa shape index (κ2) is 11.4. The first-order chi connectivity index (χ1) is 16.7. The monoisotopic (exact) mass is 465 g/mol. The molecule has 0 amide bonds. The van der Waals surface area contributed by atoms with Crippen molar-refractivity contribution in [2.45, 2.75) is 51.5 Å². The topological polar surface area (TPSA) is 71.5 Å². The Hall–Kier alpha value is -2.38. The molecule has 7 nitrogen and oxygen atoms in total. The van der Waals surface area contributed by atoms with Crippen molar-refractivity contribution in [3.8, 4) is 17.0 Å². The lowest BCUT2D eigenvalue weighted by atomic mass is 9.87. The van der Waals surface area contributed by atoms with Gasteiger partial charge in [-0.05, 0) is 81.1 Å². The zero-order valence-electron chi connectivity index (χ0n) is 20.5. The van der Waals surface area contributed by atoms with E-state index in [1.54, 1.807) is 0 Å².